The molecular formula is C12H19N3O2. The zero-order valence-corrected chi connectivity index (χ0v) is 10.5. The van der Waals surface area contributed by atoms with Gasteiger partial charge < -0.3 is 15.1 Å². The molecule has 3 atom stereocenters. The summed E-state index contributed by atoms with van der Waals surface area (Å²) in [5.74, 6) is 0.612. The summed E-state index contributed by atoms with van der Waals surface area (Å²) in [6.45, 7) is 7.03. The van der Waals surface area contributed by atoms with E-state index in [4.69, 9.17) is 4.42 Å². The Labute approximate surface area is 101 Å². The minimum Gasteiger partial charge on any atom is -0.438 e. The van der Waals surface area contributed by atoms with Crippen molar-refractivity contribution in [3.63, 3.8) is 0 Å². The summed E-state index contributed by atoms with van der Waals surface area (Å²) >= 11 is 0. The summed E-state index contributed by atoms with van der Waals surface area (Å²) in [6.07, 6.45) is 2.38. The van der Waals surface area contributed by atoms with E-state index in [2.05, 4.69) is 29.5 Å². The number of nitrogens with one attached hydrogen (secondary N) is 2. The quantitative estimate of drug-likeness (QED) is 0.808. The Kier molecular flexibility index (Phi) is 3.47. The van der Waals surface area contributed by atoms with E-state index in [-0.39, 0.29) is 18.0 Å². The van der Waals surface area contributed by atoms with E-state index in [0.717, 1.165) is 13.0 Å². The van der Waals surface area contributed by atoms with Crippen LogP contribution in [0.25, 0.3) is 0 Å². The van der Waals surface area contributed by atoms with Gasteiger partial charge in [-0.05, 0) is 32.7 Å². The zero-order chi connectivity index (χ0) is 12.4. The van der Waals surface area contributed by atoms with Crippen molar-refractivity contribution in [1.82, 2.24) is 15.6 Å². The Morgan fingerprint density at radius 3 is 2.94 bits per heavy atom. The largest absolute Gasteiger partial charge is 0.438 e. The van der Waals surface area contributed by atoms with Gasteiger partial charge >= 0.3 is 0 Å². The average molecular weight is 237 g/mol. The highest BCUT2D eigenvalue weighted by Gasteiger charge is 2.30. The van der Waals surface area contributed by atoms with E-state index in [0.29, 0.717) is 17.4 Å². The first kappa shape index (κ1) is 12.1. The number of piperidine rings is 1. The van der Waals surface area contributed by atoms with Gasteiger partial charge in [0.1, 0.15) is 0 Å². The standard InChI is InChI=1S/C12H19N3O2/c1-7-4-5-13-8(2)10(7)15-12(16)11-9(3)14-6-17-11/h6-8,10,13H,4-5H2,1-3H3,(H,15,16). The molecule has 0 aromatic carbocycles. The minimum atomic E-state index is -0.174. The number of hydrogen-bond acceptors (Lipinski definition) is 4. The van der Waals surface area contributed by atoms with Gasteiger partial charge in [0.2, 0.25) is 5.76 Å². The van der Waals surface area contributed by atoms with Crippen LogP contribution in [0.3, 0.4) is 0 Å². The van der Waals surface area contributed by atoms with Crippen LogP contribution in [0.1, 0.15) is 36.5 Å². The van der Waals surface area contributed by atoms with Crippen molar-refractivity contribution in [3.05, 3.63) is 17.8 Å². The van der Waals surface area contributed by atoms with Crippen molar-refractivity contribution >= 4 is 5.91 Å². The van der Waals surface area contributed by atoms with Gasteiger partial charge in [-0.3, -0.25) is 4.79 Å². The number of carbonyl (C=O) groups excluding carboxylic acids is 1. The molecule has 1 aliphatic rings. The van der Waals surface area contributed by atoms with Crippen LogP contribution in [-0.4, -0.2) is 29.5 Å². The molecule has 5 nitrogen and oxygen atoms in total. The van der Waals surface area contributed by atoms with Gasteiger partial charge in [-0.1, -0.05) is 6.92 Å². The summed E-state index contributed by atoms with van der Waals surface area (Å²) in [6, 6.07) is 0.423. The highest BCUT2D eigenvalue weighted by atomic mass is 16.3. The monoisotopic (exact) mass is 237 g/mol. The zero-order valence-electron chi connectivity index (χ0n) is 10.5. The summed E-state index contributed by atoms with van der Waals surface area (Å²) < 4.78 is 5.09. The molecule has 2 rings (SSSR count). The van der Waals surface area contributed by atoms with Gasteiger partial charge in [-0.15, -0.1) is 0 Å². The maximum absolute atomic E-state index is 12.0. The summed E-state index contributed by atoms with van der Waals surface area (Å²) in [4.78, 5) is 15.9. The fraction of sp³-hybridized carbons (Fsp3) is 0.667. The molecule has 1 aromatic rings. The Morgan fingerprint density at radius 1 is 1.59 bits per heavy atom. The van der Waals surface area contributed by atoms with E-state index in [9.17, 15) is 4.79 Å². The first-order valence-corrected chi connectivity index (χ1v) is 6.04. The van der Waals surface area contributed by atoms with E-state index in [1.54, 1.807) is 6.92 Å². The first-order valence-electron chi connectivity index (χ1n) is 6.04. The normalized spacial score (nSPS) is 29.0. The molecule has 2 N–H and O–H groups in total. The molecule has 3 unspecified atom stereocenters. The number of oxazole rings is 1. The Bertz CT molecular complexity index is 392. The maximum atomic E-state index is 12.0. The molecule has 0 aliphatic carbocycles. The molecule has 1 fully saturated rings. The summed E-state index contributed by atoms with van der Waals surface area (Å²) in [5.41, 5.74) is 0.631. The average Bonchev–Trinajstić information content (AvgIpc) is 2.70. The molecule has 17 heavy (non-hydrogen) atoms. The third-order valence-corrected chi connectivity index (χ3v) is 3.47. The smallest absolute Gasteiger partial charge is 0.289 e. The second-order valence-corrected chi connectivity index (χ2v) is 4.77. The van der Waals surface area contributed by atoms with Gasteiger partial charge in [-0.2, -0.15) is 0 Å². The third-order valence-electron chi connectivity index (χ3n) is 3.47. The van der Waals surface area contributed by atoms with Gasteiger partial charge in [0.25, 0.3) is 5.91 Å². The van der Waals surface area contributed by atoms with Gasteiger partial charge in [0.05, 0.1) is 5.69 Å². The molecule has 1 aromatic heterocycles. The van der Waals surface area contributed by atoms with Crippen LogP contribution >= 0.6 is 0 Å². The lowest BCUT2D eigenvalue weighted by atomic mass is 9.89. The second-order valence-electron chi connectivity index (χ2n) is 4.77. The van der Waals surface area contributed by atoms with Crippen LogP contribution in [0.4, 0.5) is 0 Å². The molecule has 0 saturated carbocycles. The van der Waals surface area contributed by atoms with Crippen molar-refractivity contribution in [2.45, 2.75) is 39.3 Å². The van der Waals surface area contributed by atoms with E-state index >= 15 is 0 Å². The first-order chi connectivity index (χ1) is 8.09. The van der Waals surface area contributed by atoms with E-state index < -0.39 is 0 Å². The molecule has 5 heteroatoms. The topological polar surface area (TPSA) is 67.2 Å². The SMILES string of the molecule is Cc1ncoc1C(=O)NC1C(C)CCNC1C. The highest BCUT2D eigenvalue weighted by Crippen LogP contribution is 2.17. The lowest BCUT2D eigenvalue weighted by Crippen LogP contribution is -2.55. The maximum Gasteiger partial charge on any atom is 0.289 e. The van der Waals surface area contributed by atoms with Crippen LogP contribution < -0.4 is 10.6 Å². The fourth-order valence-electron chi connectivity index (χ4n) is 2.34. The predicted octanol–water partition coefficient (Wildman–Crippen LogP) is 1.10. The number of amides is 1. The van der Waals surface area contributed by atoms with Crippen LogP contribution in [0, 0.1) is 12.8 Å². The molecule has 94 valence electrons. The Morgan fingerprint density at radius 2 is 2.35 bits per heavy atom. The molecule has 0 radical (unpaired) electrons. The van der Waals surface area contributed by atoms with Crippen LogP contribution in [0.15, 0.2) is 10.8 Å². The number of rotatable bonds is 2. The van der Waals surface area contributed by atoms with Crippen molar-refractivity contribution < 1.29 is 9.21 Å². The number of carbonyl (C=O) groups is 1. The van der Waals surface area contributed by atoms with Crippen molar-refractivity contribution in [1.29, 1.82) is 0 Å². The van der Waals surface area contributed by atoms with Crippen LogP contribution in [-0.2, 0) is 0 Å². The van der Waals surface area contributed by atoms with E-state index in [1.165, 1.54) is 6.39 Å². The molecule has 1 aliphatic heterocycles. The third kappa shape index (κ3) is 2.49. The van der Waals surface area contributed by atoms with Crippen LogP contribution in [0.5, 0.6) is 0 Å². The van der Waals surface area contributed by atoms with Crippen molar-refractivity contribution in [2.75, 3.05) is 6.54 Å². The lowest BCUT2D eigenvalue weighted by Gasteiger charge is -2.35. The number of hydrogen-bond donors (Lipinski definition) is 2. The fourth-order valence-corrected chi connectivity index (χ4v) is 2.34. The minimum absolute atomic E-state index is 0.140. The lowest BCUT2D eigenvalue weighted by molar-refractivity contribution is 0.0868. The summed E-state index contributed by atoms with van der Waals surface area (Å²) in [7, 11) is 0. The molecular weight excluding hydrogens is 218 g/mol. The molecule has 1 amide bonds. The second kappa shape index (κ2) is 4.87. The Hall–Kier alpha value is -1.36. The van der Waals surface area contributed by atoms with Crippen molar-refractivity contribution in [3.8, 4) is 0 Å². The summed E-state index contributed by atoms with van der Waals surface area (Å²) in [5, 5.41) is 6.39. The number of aryl methyl sites for hydroxylation is 1. The van der Waals surface area contributed by atoms with Gasteiger partial charge in [-0.25, -0.2) is 4.98 Å². The molecule has 1 saturated heterocycles. The van der Waals surface area contributed by atoms with Crippen molar-refractivity contribution in [2.24, 2.45) is 5.92 Å². The number of aromatic nitrogens is 1. The predicted molar refractivity (Wildman–Crippen MR) is 63.7 cm³/mol. The van der Waals surface area contributed by atoms with E-state index in [1.807, 2.05) is 0 Å². The molecule has 0 bridgehead atoms. The molecule has 2 heterocycles. The highest BCUT2D eigenvalue weighted by molar-refractivity contribution is 5.92. The Balaban J connectivity index is 2.05. The number of nitrogens with zero attached hydrogens (tertiary/aromatic N) is 1. The van der Waals surface area contributed by atoms with Gasteiger partial charge in [0, 0.05) is 12.1 Å². The van der Waals surface area contributed by atoms with Crippen LogP contribution in [0.2, 0.25) is 0 Å². The van der Waals surface area contributed by atoms with Gasteiger partial charge in [0.15, 0.2) is 6.39 Å². The molecule has 0 spiro atoms.